The van der Waals surface area contributed by atoms with Gasteiger partial charge in [-0.15, -0.1) is 0 Å². The second-order valence-electron chi connectivity index (χ2n) is 4.71. The molecule has 1 amide bonds. The molecule has 1 heterocycles. The van der Waals surface area contributed by atoms with E-state index in [0.29, 0.717) is 23.6 Å². The molecule has 7 heteroatoms. The third kappa shape index (κ3) is 3.58. The number of nitrogen functional groups attached to an aromatic ring is 2. The zero-order chi connectivity index (χ0) is 16.1. The Hall–Kier alpha value is -2.93. The topological polar surface area (TPSA) is 116 Å². The number of carbonyl (C=O) groups excluding carboxylic acids is 1. The molecule has 0 saturated heterocycles. The summed E-state index contributed by atoms with van der Waals surface area (Å²) in [4.78, 5) is 19.6. The highest BCUT2D eigenvalue weighted by Gasteiger charge is 2.13. The zero-order valence-corrected chi connectivity index (χ0v) is 12.2. The van der Waals surface area contributed by atoms with E-state index in [0.717, 1.165) is 5.57 Å². The van der Waals surface area contributed by atoms with Crippen molar-refractivity contribution in [1.82, 2.24) is 15.4 Å². The van der Waals surface area contributed by atoms with Crippen LogP contribution in [0.4, 0.5) is 5.95 Å². The van der Waals surface area contributed by atoms with Crippen LogP contribution in [0.3, 0.4) is 0 Å². The maximum absolute atomic E-state index is 11.6. The van der Waals surface area contributed by atoms with E-state index in [4.69, 9.17) is 16.3 Å². The minimum atomic E-state index is -0.546. The minimum Gasteiger partial charge on any atom is -0.489 e. The van der Waals surface area contributed by atoms with Gasteiger partial charge in [-0.2, -0.15) is 0 Å². The SMILES string of the molecule is C=C(C)COc1ccccc1-c1cc(C(=O)NN)nc(N)n1. The summed E-state index contributed by atoms with van der Waals surface area (Å²) >= 11 is 0. The highest BCUT2D eigenvalue weighted by Crippen LogP contribution is 2.29. The van der Waals surface area contributed by atoms with Crippen molar-refractivity contribution in [3.8, 4) is 17.0 Å². The lowest BCUT2D eigenvalue weighted by Gasteiger charge is -2.12. The monoisotopic (exact) mass is 299 g/mol. The van der Waals surface area contributed by atoms with Gasteiger partial charge < -0.3 is 10.5 Å². The van der Waals surface area contributed by atoms with Crippen molar-refractivity contribution in [3.63, 3.8) is 0 Å². The average Bonchev–Trinajstić information content (AvgIpc) is 2.51. The Morgan fingerprint density at radius 1 is 1.36 bits per heavy atom. The summed E-state index contributed by atoms with van der Waals surface area (Å²) in [5.74, 6) is 5.16. The number of hydrazine groups is 1. The number of ether oxygens (including phenoxy) is 1. The number of amides is 1. The van der Waals surface area contributed by atoms with E-state index < -0.39 is 5.91 Å². The molecule has 0 fully saturated rings. The lowest BCUT2D eigenvalue weighted by molar-refractivity contribution is 0.0948. The summed E-state index contributed by atoms with van der Waals surface area (Å²) in [6.45, 7) is 6.05. The average molecular weight is 299 g/mol. The van der Waals surface area contributed by atoms with Crippen LogP contribution in [0.15, 0.2) is 42.5 Å². The maximum atomic E-state index is 11.6. The number of hydrogen-bond acceptors (Lipinski definition) is 6. The maximum Gasteiger partial charge on any atom is 0.283 e. The summed E-state index contributed by atoms with van der Waals surface area (Å²) in [5, 5.41) is 0. The predicted molar refractivity (Wildman–Crippen MR) is 83.8 cm³/mol. The first-order chi connectivity index (χ1) is 10.5. The van der Waals surface area contributed by atoms with Crippen LogP contribution in [0.2, 0.25) is 0 Å². The summed E-state index contributed by atoms with van der Waals surface area (Å²) in [5.41, 5.74) is 9.82. The molecule has 1 aromatic heterocycles. The third-order valence-corrected chi connectivity index (χ3v) is 2.74. The largest absolute Gasteiger partial charge is 0.489 e. The third-order valence-electron chi connectivity index (χ3n) is 2.74. The van der Waals surface area contributed by atoms with Crippen molar-refractivity contribution in [1.29, 1.82) is 0 Å². The molecule has 0 radical (unpaired) electrons. The molecule has 1 aromatic carbocycles. The molecule has 22 heavy (non-hydrogen) atoms. The van der Waals surface area contributed by atoms with Crippen molar-refractivity contribution in [2.24, 2.45) is 5.84 Å². The first-order valence-electron chi connectivity index (χ1n) is 6.53. The van der Waals surface area contributed by atoms with Crippen LogP contribution in [-0.4, -0.2) is 22.5 Å². The Balaban J connectivity index is 2.45. The summed E-state index contributed by atoms with van der Waals surface area (Å²) in [6.07, 6.45) is 0. The molecule has 0 aliphatic heterocycles. The van der Waals surface area contributed by atoms with Crippen molar-refractivity contribution < 1.29 is 9.53 Å². The van der Waals surface area contributed by atoms with Gasteiger partial charge in [0, 0.05) is 5.56 Å². The molecule has 0 aliphatic carbocycles. The van der Waals surface area contributed by atoms with Crippen molar-refractivity contribution in [2.75, 3.05) is 12.3 Å². The molecule has 5 N–H and O–H groups in total. The fourth-order valence-electron chi connectivity index (χ4n) is 1.80. The van der Waals surface area contributed by atoms with Crippen molar-refractivity contribution >= 4 is 11.9 Å². The van der Waals surface area contributed by atoms with Crippen LogP contribution in [0.1, 0.15) is 17.4 Å². The van der Waals surface area contributed by atoms with E-state index in [2.05, 4.69) is 16.5 Å². The van der Waals surface area contributed by atoms with E-state index in [1.54, 1.807) is 6.07 Å². The lowest BCUT2D eigenvalue weighted by atomic mass is 10.1. The van der Waals surface area contributed by atoms with E-state index in [1.807, 2.05) is 30.5 Å². The van der Waals surface area contributed by atoms with Gasteiger partial charge in [-0.25, -0.2) is 15.8 Å². The van der Waals surface area contributed by atoms with Gasteiger partial charge in [0.15, 0.2) is 0 Å². The van der Waals surface area contributed by atoms with Gasteiger partial charge in [0.1, 0.15) is 18.1 Å². The lowest BCUT2D eigenvalue weighted by Crippen LogP contribution is -2.31. The molecule has 0 bridgehead atoms. The number of hydrogen-bond donors (Lipinski definition) is 3. The van der Waals surface area contributed by atoms with E-state index in [1.165, 1.54) is 6.07 Å². The fourth-order valence-corrected chi connectivity index (χ4v) is 1.80. The highest BCUT2D eigenvalue weighted by atomic mass is 16.5. The van der Waals surface area contributed by atoms with Gasteiger partial charge in [-0.05, 0) is 30.7 Å². The first-order valence-corrected chi connectivity index (χ1v) is 6.53. The molecule has 0 atom stereocenters. The number of benzene rings is 1. The van der Waals surface area contributed by atoms with E-state index in [-0.39, 0.29) is 11.6 Å². The molecule has 2 rings (SSSR count). The van der Waals surface area contributed by atoms with Gasteiger partial charge in [0.25, 0.3) is 5.91 Å². The number of rotatable bonds is 5. The van der Waals surface area contributed by atoms with Gasteiger partial charge in [0.2, 0.25) is 5.95 Å². The van der Waals surface area contributed by atoms with Crippen LogP contribution in [0.5, 0.6) is 5.75 Å². The highest BCUT2D eigenvalue weighted by molar-refractivity contribution is 5.93. The zero-order valence-electron chi connectivity index (χ0n) is 12.2. The Morgan fingerprint density at radius 2 is 2.09 bits per heavy atom. The van der Waals surface area contributed by atoms with E-state index >= 15 is 0 Å². The van der Waals surface area contributed by atoms with Crippen LogP contribution in [0.25, 0.3) is 11.3 Å². The summed E-state index contributed by atoms with van der Waals surface area (Å²) in [7, 11) is 0. The number of anilines is 1. The summed E-state index contributed by atoms with van der Waals surface area (Å²) in [6, 6.07) is 8.81. The molecular formula is C15H17N5O2. The predicted octanol–water partition coefficient (Wildman–Crippen LogP) is 1.28. The number of para-hydroxylation sites is 1. The summed E-state index contributed by atoms with van der Waals surface area (Å²) < 4.78 is 5.69. The van der Waals surface area contributed by atoms with Crippen molar-refractivity contribution in [2.45, 2.75) is 6.92 Å². The molecule has 0 unspecified atom stereocenters. The second kappa shape index (κ2) is 6.68. The van der Waals surface area contributed by atoms with Gasteiger partial charge >= 0.3 is 0 Å². The van der Waals surface area contributed by atoms with Crippen LogP contribution in [0, 0.1) is 0 Å². The normalized spacial score (nSPS) is 10.1. The second-order valence-corrected chi connectivity index (χ2v) is 4.71. The molecule has 0 spiro atoms. The van der Waals surface area contributed by atoms with Crippen molar-refractivity contribution in [3.05, 3.63) is 48.2 Å². The standard InChI is InChI=1S/C15H17N5O2/c1-9(2)8-22-13-6-4-3-5-10(13)11-7-12(14(21)20-17)19-15(16)18-11/h3-7H,1,8,17H2,2H3,(H,20,21)(H2,16,18,19). The smallest absolute Gasteiger partial charge is 0.283 e. The Labute approximate surface area is 128 Å². The van der Waals surface area contributed by atoms with Crippen LogP contribution >= 0.6 is 0 Å². The molecule has 7 nitrogen and oxygen atoms in total. The minimum absolute atomic E-state index is 0.0224. The number of aromatic nitrogens is 2. The Morgan fingerprint density at radius 3 is 2.77 bits per heavy atom. The van der Waals surface area contributed by atoms with Crippen LogP contribution in [-0.2, 0) is 0 Å². The number of carbonyl (C=O) groups is 1. The van der Waals surface area contributed by atoms with Gasteiger partial charge in [-0.1, -0.05) is 18.7 Å². The van der Waals surface area contributed by atoms with Gasteiger partial charge in [-0.3, -0.25) is 10.2 Å². The number of nitrogens with two attached hydrogens (primary N) is 2. The number of nitrogens with zero attached hydrogens (tertiary/aromatic N) is 2. The van der Waals surface area contributed by atoms with Gasteiger partial charge in [0.05, 0.1) is 5.69 Å². The fraction of sp³-hybridized carbons (Fsp3) is 0.133. The number of nitrogens with one attached hydrogen (secondary N) is 1. The molecule has 2 aromatic rings. The first kappa shape index (κ1) is 15.5. The Bertz CT molecular complexity index is 715. The molecular weight excluding hydrogens is 282 g/mol. The van der Waals surface area contributed by atoms with Crippen LogP contribution < -0.4 is 21.7 Å². The Kier molecular flexibility index (Phi) is 4.70. The quantitative estimate of drug-likeness (QED) is 0.331. The van der Waals surface area contributed by atoms with E-state index in [9.17, 15) is 4.79 Å². The molecule has 0 aliphatic rings. The molecule has 0 saturated carbocycles. The molecule has 114 valence electrons.